The molecule has 0 unspecified atom stereocenters. The molecule has 0 aromatic heterocycles. The normalized spacial score (nSPS) is 15.1. The van der Waals surface area contributed by atoms with Gasteiger partial charge in [0.15, 0.2) is 0 Å². The summed E-state index contributed by atoms with van der Waals surface area (Å²) in [4.78, 5) is 29.2. The zero-order chi connectivity index (χ0) is 23.6. The first-order chi connectivity index (χ1) is 15.9. The molecule has 3 rings (SSSR count). The van der Waals surface area contributed by atoms with Crippen LogP contribution in [0.25, 0.3) is 0 Å². The van der Waals surface area contributed by atoms with Gasteiger partial charge in [-0.3, -0.25) is 9.59 Å². The lowest BCUT2D eigenvalue weighted by Gasteiger charge is -2.31. The van der Waals surface area contributed by atoms with Gasteiger partial charge in [-0.15, -0.1) is 11.8 Å². The second kappa shape index (κ2) is 13.0. The molecule has 2 amide bonds. The van der Waals surface area contributed by atoms with Crippen LogP contribution < -0.4 is 5.32 Å². The number of benzene rings is 2. The fourth-order valence-corrected chi connectivity index (χ4v) is 5.19. The van der Waals surface area contributed by atoms with E-state index in [1.54, 1.807) is 16.7 Å². The Bertz CT molecular complexity index is 913. The molecule has 1 aliphatic carbocycles. The van der Waals surface area contributed by atoms with Gasteiger partial charge in [0.1, 0.15) is 6.04 Å². The molecule has 1 N–H and O–H groups in total. The van der Waals surface area contributed by atoms with Crippen molar-refractivity contribution < 1.29 is 9.59 Å². The molecular formula is C27H35ClN2O2S. The van der Waals surface area contributed by atoms with E-state index in [9.17, 15) is 9.59 Å². The summed E-state index contributed by atoms with van der Waals surface area (Å²) in [6.07, 6.45) is 6.82. The minimum atomic E-state index is -0.497. The largest absolute Gasteiger partial charge is 0.352 e. The van der Waals surface area contributed by atoms with E-state index >= 15 is 0 Å². The number of thioether (sulfide) groups is 1. The third kappa shape index (κ3) is 8.08. The van der Waals surface area contributed by atoms with Gasteiger partial charge in [-0.25, -0.2) is 0 Å². The minimum absolute atomic E-state index is 0.0289. The average molecular weight is 487 g/mol. The molecule has 2 aromatic rings. The number of hydrogen-bond donors (Lipinski definition) is 1. The topological polar surface area (TPSA) is 49.4 Å². The van der Waals surface area contributed by atoms with Crippen molar-refractivity contribution in [3.63, 3.8) is 0 Å². The molecule has 1 fully saturated rings. The molecule has 0 saturated heterocycles. The first-order valence-electron chi connectivity index (χ1n) is 12.0. The van der Waals surface area contributed by atoms with Gasteiger partial charge in [0.25, 0.3) is 0 Å². The SMILES string of the molecule is Cc1ccccc1CN(C(=O)CCCSc1ccc(Cl)cc1)[C@H](C)C(=O)NC1CCCCC1. The Labute approximate surface area is 207 Å². The summed E-state index contributed by atoms with van der Waals surface area (Å²) in [5, 5.41) is 3.92. The summed E-state index contributed by atoms with van der Waals surface area (Å²) >= 11 is 7.67. The summed E-state index contributed by atoms with van der Waals surface area (Å²) in [5.41, 5.74) is 2.21. The molecule has 178 valence electrons. The van der Waals surface area contributed by atoms with Crippen LogP contribution in [0.1, 0.15) is 63.0 Å². The number of carbonyl (C=O) groups excluding carboxylic acids is 2. The van der Waals surface area contributed by atoms with E-state index in [0.717, 1.165) is 58.9 Å². The maximum absolute atomic E-state index is 13.3. The van der Waals surface area contributed by atoms with Crippen molar-refractivity contribution in [3.05, 3.63) is 64.7 Å². The Hall–Kier alpha value is -1.98. The maximum atomic E-state index is 13.3. The van der Waals surface area contributed by atoms with E-state index in [1.807, 2.05) is 62.4 Å². The van der Waals surface area contributed by atoms with Crippen LogP contribution in [0.15, 0.2) is 53.4 Å². The average Bonchev–Trinajstić information content (AvgIpc) is 2.82. The van der Waals surface area contributed by atoms with Crippen LogP contribution in [-0.2, 0) is 16.1 Å². The van der Waals surface area contributed by atoms with E-state index in [-0.39, 0.29) is 17.9 Å². The highest BCUT2D eigenvalue weighted by molar-refractivity contribution is 7.99. The first-order valence-corrected chi connectivity index (χ1v) is 13.3. The number of hydrogen-bond acceptors (Lipinski definition) is 3. The summed E-state index contributed by atoms with van der Waals surface area (Å²) < 4.78 is 0. The molecule has 0 aliphatic heterocycles. The van der Waals surface area contributed by atoms with Crippen LogP contribution in [0.4, 0.5) is 0 Å². The summed E-state index contributed by atoms with van der Waals surface area (Å²) in [6, 6.07) is 15.6. The quantitative estimate of drug-likeness (QED) is 0.313. The highest BCUT2D eigenvalue weighted by Crippen LogP contribution is 2.23. The minimum Gasteiger partial charge on any atom is -0.352 e. The van der Waals surface area contributed by atoms with Gasteiger partial charge in [-0.05, 0) is 74.3 Å². The van der Waals surface area contributed by atoms with Gasteiger partial charge >= 0.3 is 0 Å². The van der Waals surface area contributed by atoms with Crippen molar-refractivity contribution >= 4 is 35.2 Å². The van der Waals surface area contributed by atoms with E-state index in [1.165, 1.54) is 6.42 Å². The predicted octanol–water partition coefficient (Wildman–Crippen LogP) is 6.39. The van der Waals surface area contributed by atoms with E-state index in [4.69, 9.17) is 11.6 Å². The molecule has 1 saturated carbocycles. The van der Waals surface area contributed by atoms with Gasteiger partial charge in [-0.2, -0.15) is 0 Å². The Balaban J connectivity index is 1.60. The number of halogens is 1. The lowest BCUT2D eigenvalue weighted by atomic mass is 9.95. The standard InChI is InChI=1S/C27H35ClN2O2S/c1-20-9-6-7-10-22(20)19-30(21(2)27(32)29-24-11-4-3-5-12-24)26(31)13-8-18-33-25-16-14-23(28)15-17-25/h6-7,9-10,14-17,21,24H,3-5,8,11-13,18-19H2,1-2H3,(H,29,32)/t21-/m1/s1. The molecule has 1 aliphatic rings. The second-order valence-corrected chi connectivity index (χ2v) is 10.5. The van der Waals surface area contributed by atoms with Gasteiger partial charge in [0.05, 0.1) is 0 Å². The van der Waals surface area contributed by atoms with Gasteiger partial charge in [0.2, 0.25) is 11.8 Å². The summed E-state index contributed by atoms with van der Waals surface area (Å²) in [7, 11) is 0. The molecule has 6 heteroatoms. The predicted molar refractivity (Wildman–Crippen MR) is 138 cm³/mol. The molecule has 0 heterocycles. The molecule has 4 nitrogen and oxygen atoms in total. The van der Waals surface area contributed by atoms with Gasteiger partial charge in [-0.1, -0.05) is 55.1 Å². The lowest BCUT2D eigenvalue weighted by Crippen LogP contribution is -2.50. The molecule has 33 heavy (non-hydrogen) atoms. The summed E-state index contributed by atoms with van der Waals surface area (Å²) in [6.45, 7) is 4.36. The van der Waals surface area contributed by atoms with Crippen molar-refractivity contribution in [2.24, 2.45) is 0 Å². The molecular weight excluding hydrogens is 452 g/mol. The zero-order valence-electron chi connectivity index (χ0n) is 19.7. The van der Waals surface area contributed by atoms with Crippen LogP contribution in [0, 0.1) is 6.92 Å². The number of amides is 2. The zero-order valence-corrected chi connectivity index (χ0v) is 21.3. The van der Waals surface area contributed by atoms with Crippen LogP contribution in [0.2, 0.25) is 5.02 Å². The van der Waals surface area contributed by atoms with Crippen LogP contribution >= 0.6 is 23.4 Å². The highest BCUT2D eigenvalue weighted by atomic mass is 35.5. The molecule has 1 atom stereocenters. The van der Waals surface area contributed by atoms with E-state index in [2.05, 4.69) is 5.32 Å². The number of carbonyl (C=O) groups is 2. The Morgan fingerprint density at radius 1 is 1.09 bits per heavy atom. The number of nitrogens with one attached hydrogen (secondary N) is 1. The Morgan fingerprint density at radius 3 is 2.48 bits per heavy atom. The molecule has 0 bridgehead atoms. The molecule has 0 radical (unpaired) electrons. The van der Waals surface area contributed by atoms with Crippen LogP contribution in [0.5, 0.6) is 0 Å². The molecule has 0 spiro atoms. The fraction of sp³-hybridized carbons (Fsp3) is 0.481. The van der Waals surface area contributed by atoms with E-state index < -0.39 is 6.04 Å². The molecule has 2 aromatic carbocycles. The second-order valence-electron chi connectivity index (χ2n) is 8.87. The number of aryl methyl sites for hydroxylation is 1. The number of rotatable bonds is 10. The Kier molecular flexibility index (Phi) is 10.1. The van der Waals surface area contributed by atoms with Gasteiger partial charge < -0.3 is 10.2 Å². The first kappa shape index (κ1) is 25.6. The van der Waals surface area contributed by atoms with Crippen LogP contribution in [0.3, 0.4) is 0 Å². The smallest absolute Gasteiger partial charge is 0.242 e. The highest BCUT2D eigenvalue weighted by Gasteiger charge is 2.28. The van der Waals surface area contributed by atoms with Crippen molar-refractivity contribution in [3.8, 4) is 0 Å². The van der Waals surface area contributed by atoms with Crippen molar-refractivity contribution in [1.82, 2.24) is 10.2 Å². The monoisotopic (exact) mass is 486 g/mol. The third-order valence-electron chi connectivity index (χ3n) is 6.34. The lowest BCUT2D eigenvalue weighted by molar-refractivity contribution is -0.141. The van der Waals surface area contributed by atoms with Crippen molar-refractivity contribution in [2.75, 3.05) is 5.75 Å². The number of nitrogens with zero attached hydrogens (tertiary/aromatic N) is 1. The van der Waals surface area contributed by atoms with E-state index in [0.29, 0.717) is 13.0 Å². The Morgan fingerprint density at radius 2 is 1.79 bits per heavy atom. The van der Waals surface area contributed by atoms with Crippen LogP contribution in [-0.4, -0.2) is 34.6 Å². The van der Waals surface area contributed by atoms with Gasteiger partial charge in [0, 0.05) is 28.9 Å². The van der Waals surface area contributed by atoms with Crippen molar-refractivity contribution in [2.45, 2.75) is 82.3 Å². The van der Waals surface area contributed by atoms with Crippen molar-refractivity contribution in [1.29, 1.82) is 0 Å². The summed E-state index contributed by atoms with van der Waals surface area (Å²) in [5.74, 6) is 0.828. The third-order valence-corrected chi connectivity index (χ3v) is 7.69. The maximum Gasteiger partial charge on any atom is 0.242 e. The fourth-order valence-electron chi connectivity index (χ4n) is 4.21.